The van der Waals surface area contributed by atoms with Crippen LogP contribution in [0, 0.1) is 12.7 Å². The maximum Gasteiger partial charge on any atom is 0.147 e. The molecule has 5 heteroatoms. The van der Waals surface area contributed by atoms with Crippen molar-refractivity contribution in [3.63, 3.8) is 0 Å². The summed E-state index contributed by atoms with van der Waals surface area (Å²) in [4.78, 5) is 8.73. The highest BCUT2D eigenvalue weighted by Crippen LogP contribution is 2.37. The second-order valence-electron chi connectivity index (χ2n) is 6.34. The molecule has 0 saturated heterocycles. The minimum Gasteiger partial charge on any atom is -0.505 e. The van der Waals surface area contributed by atoms with Gasteiger partial charge in [0.15, 0.2) is 0 Å². The van der Waals surface area contributed by atoms with Gasteiger partial charge in [-0.25, -0.2) is 14.4 Å². The van der Waals surface area contributed by atoms with E-state index in [4.69, 9.17) is 0 Å². The first-order valence-corrected chi connectivity index (χ1v) is 8.65. The van der Waals surface area contributed by atoms with E-state index >= 15 is 0 Å². The van der Waals surface area contributed by atoms with E-state index in [-0.39, 0.29) is 11.6 Å². The maximum atomic E-state index is 14.6. The first kappa shape index (κ1) is 17.0. The fraction of sp³-hybridized carbons (Fsp3) is 0.0909. The molecular weight excluding hydrogens is 341 g/mol. The van der Waals surface area contributed by atoms with Crippen molar-refractivity contribution in [2.75, 3.05) is 5.32 Å². The fourth-order valence-electron chi connectivity index (χ4n) is 3.15. The van der Waals surface area contributed by atoms with Gasteiger partial charge in [0, 0.05) is 28.4 Å². The molecule has 1 atom stereocenters. The van der Waals surface area contributed by atoms with Gasteiger partial charge in [-0.15, -0.1) is 0 Å². The second-order valence-corrected chi connectivity index (χ2v) is 6.34. The monoisotopic (exact) mass is 359 g/mol. The van der Waals surface area contributed by atoms with E-state index in [1.54, 1.807) is 36.5 Å². The highest BCUT2D eigenvalue weighted by atomic mass is 19.1. The van der Waals surface area contributed by atoms with Gasteiger partial charge < -0.3 is 10.4 Å². The van der Waals surface area contributed by atoms with Gasteiger partial charge in [-0.2, -0.15) is 0 Å². The lowest BCUT2D eigenvalue weighted by Crippen LogP contribution is -2.15. The summed E-state index contributed by atoms with van der Waals surface area (Å²) in [6, 6.07) is 18.8. The van der Waals surface area contributed by atoms with Crippen LogP contribution in [0.25, 0.3) is 10.9 Å². The molecule has 0 spiro atoms. The Morgan fingerprint density at radius 2 is 1.70 bits per heavy atom. The van der Waals surface area contributed by atoms with Gasteiger partial charge in [0.05, 0.1) is 6.04 Å². The van der Waals surface area contributed by atoms with Crippen LogP contribution in [0.15, 0.2) is 72.9 Å². The zero-order valence-corrected chi connectivity index (χ0v) is 14.7. The van der Waals surface area contributed by atoms with E-state index < -0.39 is 6.04 Å². The Labute approximate surface area is 156 Å². The Morgan fingerprint density at radius 1 is 0.926 bits per heavy atom. The number of aryl methyl sites for hydroxylation is 1. The average molecular weight is 359 g/mol. The number of hydrogen-bond acceptors (Lipinski definition) is 4. The molecule has 134 valence electrons. The number of nitrogens with zero attached hydrogens (tertiary/aromatic N) is 2. The van der Waals surface area contributed by atoms with Crippen molar-refractivity contribution < 1.29 is 9.50 Å². The molecule has 4 rings (SSSR count). The molecule has 0 bridgehead atoms. The Balaban J connectivity index is 1.89. The summed E-state index contributed by atoms with van der Waals surface area (Å²) in [6.45, 7) is 1.87. The lowest BCUT2D eigenvalue weighted by molar-refractivity contribution is 0.470. The fourth-order valence-corrected chi connectivity index (χ4v) is 3.15. The molecule has 0 fully saturated rings. The number of rotatable bonds is 4. The first-order chi connectivity index (χ1) is 13.1. The summed E-state index contributed by atoms with van der Waals surface area (Å²) >= 11 is 0. The third-order valence-electron chi connectivity index (χ3n) is 4.49. The largest absolute Gasteiger partial charge is 0.505 e. The maximum absolute atomic E-state index is 14.6. The van der Waals surface area contributed by atoms with Gasteiger partial charge in [-0.05, 0) is 31.2 Å². The van der Waals surface area contributed by atoms with Crippen LogP contribution < -0.4 is 5.32 Å². The predicted octanol–water partition coefficient (Wildman–Crippen LogP) is 4.98. The van der Waals surface area contributed by atoms with Crippen LogP contribution in [-0.2, 0) is 0 Å². The molecule has 0 aliphatic rings. The molecule has 4 nitrogen and oxygen atoms in total. The number of phenols is 1. The summed E-state index contributed by atoms with van der Waals surface area (Å²) < 4.78 is 14.6. The Kier molecular flexibility index (Phi) is 4.42. The van der Waals surface area contributed by atoms with Crippen LogP contribution >= 0.6 is 0 Å². The Hall–Kier alpha value is -3.47. The first-order valence-electron chi connectivity index (χ1n) is 8.65. The van der Waals surface area contributed by atoms with E-state index in [2.05, 4.69) is 15.3 Å². The van der Waals surface area contributed by atoms with Crippen LogP contribution in [-0.4, -0.2) is 15.1 Å². The van der Waals surface area contributed by atoms with Crippen molar-refractivity contribution in [2.24, 2.45) is 0 Å². The summed E-state index contributed by atoms with van der Waals surface area (Å²) in [7, 11) is 0. The van der Waals surface area contributed by atoms with Crippen LogP contribution in [0.5, 0.6) is 5.75 Å². The number of aromatic nitrogens is 2. The molecule has 2 aromatic heterocycles. The molecule has 4 aromatic rings. The SMILES string of the molecule is Cc1ccc2ccc([C@@H](Nc3ccccn3)c3ccccc3F)c(O)c2n1. The van der Waals surface area contributed by atoms with Gasteiger partial charge in [-0.3, -0.25) is 0 Å². The number of anilines is 1. The van der Waals surface area contributed by atoms with Crippen LogP contribution in [0.3, 0.4) is 0 Å². The van der Waals surface area contributed by atoms with Gasteiger partial charge in [0.1, 0.15) is 22.9 Å². The molecule has 2 heterocycles. The van der Waals surface area contributed by atoms with Gasteiger partial charge in [0.25, 0.3) is 0 Å². The van der Waals surface area contributed by atoms with E-state index in [1.807, 2.05) is 37.3 Å². The standard InChI is InChI=1S/C22H18FN3O/c1-14-9-10-15-11-12-17(22(27)20(15)25-14)21(16-6-2-3-7-18(16)23)26-19-8-4-5-13-24-19/h2-13,21,27H,1H3,(H,24,26)/t21-/m0/s1. The van der Waals surface area contributed by atoms with Crippen molar-refractivity contribution in [1.82, 2.24) is 9.97 Å². The molecule has 2 aromatic carbocycles. The van der Waals surface area contributed by atoms with E-state index in [0.717, 1.165) is 11.1 Å². The smallest absolute Gasteiger partial charge is 0.147 e. The predicted molar refractivity (Wildman–Crippen MR) is 104 cm³/mol. The lowest BCUT2D eigenvalue weighted by atomic mass is 9.95. The minimum absolute atomic E-state index is 0.0351. The number of benzene rings is 2. The van der Waals surface area contributed by atoms with Crippen LogP contribution in [0.1, 0.15) is 22.9 Å². The molecule has 0 aliphatic heterocycles. The highest BCUT2D eigenvalue weighted by Gasteiger charge is 2.22. The average Bonchev–Trinajstić information content (AvgIpc) is 2.69. The number of hydrogen-bond donors (Lipinski definition) is 2. The van der Waals surface area contributed by atoms with Gasteiger partial charge >= 0.3 is 0 Å². The van der Waals surface area contributed by atoms with Gasteiger partial charge in [0.2, 0.25) is 0 Å². The molecule has 0 saturated carbocycles. The summed E-state index contributed by atoms with van der Waals surface area (Å²) in [5, 5.41) is 15.0. The van der Waals surface area contributed by atoms with E-state index in [1.165, 1.54) is 6.07 Å². The number of aromatic hydroxyl groups is 1. The summed E-state index contributed by atoms with van der Waals surface area (Å²) in [5.74, 6) is 0.262. The topological polar surface area (TPSA) is 58.0 Å². The van der Waals surface area contributed by atoms with E-state index in [0.29, 0.717) is 22.5 Å². The molecule has 0 radical (unpaired) electrons. The van der Waals surface area contributed by atoms with Crippen molar-refractivity contribution in [1.29, 1.82) is 0 Å². The Bertz CT molecular complexity index is 1100. The zero-order chi connectivity index (χ0) is 18.8. The van der Waals surface area contributed by atoms with Crippen molar-refractivity contribution in [3.05, 3.63) is 95.6 Å². The molecule has 0 aliphatic carbocycles. The summed E-state index contributed by atoms with van der Waals surface area (Å²) in [5.41, 5.74) is 2.26. The third kappa shape index (κ3) is 3.31. The number of halogens is 1. The van der Waals surface area contributed by atoms with Crippen molar-refractivity contribution >= 4 is 16.7 Å². The molecule has 27 heavy (non-hydrogen) atoms. The van der Waals surface area contributed by atoms with Crippen LogP contribution in [0.2, 0.25) is 0 Å². The number of pyridine rings is 2. The third-order valence-corrected chi connectivity index (χ3v) is 4.49. The molecular formula is C22H18FN3O. The summed E-state index contributed by atoms with van der Waals surface area (Å²) in [6.07, 6.45) is 1.66. The quantitative estimate of drug-likeness (QED) is 0.539. The van der Waals surface area contributed by atoms with Crippen LogP contribution in [0.4, 0.5) is 10.2 Å². The molecule has 0 amide bonds. The normalized spacial score (nSPS) is 12.1. The van der Waals surface area contributed by atoms with Gasteiger partial charge in [-0.1, -0.05) is 42.5 Å². The zero-order valence-electron chi connectivity index (χ0n) is 14.7. The second kappa shape index (κ2) is 7.03. The molecule has 2 N–H and O–H groups in total. The Morgan fingerprint density at radius 3 is 2.48 bits per heavy atom. The number of fused-ring (bicyclic) bond motifs is 1. The van der Waals surface area contributed by atoms with E-state index in [9.17, 15) is 9.50 Å². The van der Waals surface area contributed by atoms with Crippen molar-refractivity contribution in [2.45, 2.75) is 13.0 Å². The number of phenolic OH excluding ortho intramolecular Hbond substituents is 1. The number of nitrogens with one attached hydrogen (secondary N) is 1. The minimum atomic E-state index is -0.618. The highest BCUT2D eigenvalue weighted by molar-refractivity contribution is 5.86. The lowest BCUT2D eigenvalue weighted by Gasteiger charge is -2.22. The van der Waals surface area contributed by atoms with Crippen molar-refractivity contribution in [3.8, 4) is 5.75 Å². The molecule has 0 unspecified atom stereocenters.